The Balaban J connectivity index is 2.07. The third-order valence-corrected chi connectivity index (χ3v) is 3.84. The van der Waals surface area contributed by atoms with E-state index in [1.165, 1.54) is 11.8 Å². The molecule has 1 aromatic carbocycles. The highest BCUT2D eigenvalue weighted by Gasteiger charge is 2.15. The lowest BCUT2D eigenvalue weighted by atomic mass is 10.1. The van der Waals surface area contributed by atoms with Gasteiger partial charge in [0, 0.05) is 31.5 Å². The van der Waals surface area contributed by atoms with E-state index in [2.05, 4.69) is 10.3 Å². The molecule has 0 saturated heterocycles. The number of carbonyl (C=O) groups excluding carboxylic acids is 2. The number of aromatic nitrogens is 1. The van der Waals surface area contributed by atoms with Crippen molar-refractivity contribution in [1.29, 1.82) is 0 Å². The van der Waals surface area contributed by atoms with E-state index in [1.54, 1.807) is 12.4 Å². The number of aryl methyl sites for hydroxylation is 3. The fourth-order valence-electron chi connectivity index (χ4n) is 2.72. The van der Waals surface area contributed by atoms with Gasteiger partial charge in [0.2, 0.25) is 11.8 Å². The molecule has 1 heterocycles. The van der Waals surface area contributed by atoms with Crippen LogP contribution in [-0.2, 0) is 16.1 Å². The average Bonchev–Trinajstić information content (AvgIpc) is 2.51. The molecular weight excluding hydrogens is 302 g/mol. The zero-order valence-electron chi connectivity index (χ0n) is 14.6. The lowest BCUT2D eigenvalue weighted by Crippen LogP contribution is -2.36. The fraction of sp³-hybridized carbons (Fsp3) is 0.316. The van der Waals surface area contributed by atoms with E-state index in [0.29, 0.717) is 6.54 Å². The van der Waals surface area contributed by atoms with Gasteiger partial charge in [-0.15, -0.1) is 0 Å². The zero-order valence-corrected chi connectivity index (χ0v) is 14.6. The van der Waals surface area contributed by atoms with Gasteiger partial charge in [-0.05, 0) is 49.6 Å². The van der Waals surface area contributed by atoms with Crippen molar-refractivity contribution in [3.63, 3.8) is 0 Å². The van der Waals surface area contributed by atoms with Crippen LogP contribution in [0.2, 0.25) is 0 Å². The van der Waals surface area contributed by atoms with Crippen LogP contribution in [0, 0.1) is 20.8 Å². The van der Waals surface area contributed by atoms with Gasteiger partial charge in [0.05, 0.1) is 0 Å². The molecule has 0 aliphatic carbocycles. The number of hydrogen-bond donors (Lipinski definition) is 1. The van der Waals surface area contributed by atoms with E-state index in [-0.39, 0.29) is 18.4 Å². The van der Waals surface area contributed by atoms with Crippen LogP contribution >= 0.6 is 0 Å². The predicted molar refractivity (Wildman–Crippen MR) is 94.6 cm³/mol. The number of carbonyl (C=O) groups is 2. The Morgan fingerprint density at radius 3 is 2.21 bits per heavy atom. The number of rotatable bonds is 5. The number of hydrogen-bond acceptors (Lipinski definition) is 3. The van der Waals surface area contributed by atoms with Gasteiger partial charge in [0.15, 0.2) is 0 Å². The van der Waals surface area contributed by atoms with Gasteiger partial charge in [-0.3, -0.25) is 14.6 Å². The summed E-state index contributed by atoms with van der Waals surface area (Å²) >= 11 is 0. The normalized spacial score (nSPS) is 10.3. The van der Waals surface area contributed by atoms with E-state index in [1.807, 2.05) is 45.0 Å². The smallest absolute Gasteiger partial charge is 0.244 e. The molecule has 0 atom stereocenters. The Morgan fingerprint density at radius 1 is 1.08 bits per heavy atom. The fourth-order valence-corrected chi connectivity index (χ4v) is 2.72. The van der Waals surface area contributed by atoms with Crippen LogP contribution in [0.15, 0.2) is 36.7 Å². The zero-order chi connectivity index (χ0) is 17.7. The molecule has 2 amide bonds. The van der Waals surface area contributed by atoms with Crippen molar-refractivity contribution < 1.29 is 9.59 Å². The molecule has 0 radical (unpaired) electrons. The molecule has 0 unspecified atom stereocenters. The summed E-state index contributed by atoms with van der Waals surface area (Å²) in [5.41, 5.74) is 4.95. The Kier molecular flexibility index (Phi) is 5.68. The molecule has 5 heteroatoms. The molecular formula is C19H23N3O2. The third kappa shape index (κ3) is 4.65. The first-order valence-electron chi connectivity index (χ1n) is 7.89. The maximum absolute atomic E-state index is 12.4. The molecule has 0 bridgehead atoms. The van der Waals surface area contributed by atoms with E-state index in [0.717, 1.165) is 27.9 Å². The van der Waals surface area contributed by atoms with Crippen molar-refractivity contribution in [3.05, 3.63) is 58.9 Å². The molecule has 1 N–H and O–H groups in total. The summed E-state index contributed by atoms with van der Waals surface area (Å²) in [6, 6.07) is 7.73. The predicted octanol–water partition coefficient (Wildman–Crippen LogP) is 2.99. The summed E-state index contributed by atoms with van der Waals surface area (Å²) in [7, 11) is 0. The minimum atomic E-state index is -0.200. The molecule has 0 spiro atoms. The summed E-state index contributed by atoms with van der Waals surface area (Å²) in [6.45, 7) is 7.83. The number of amides is 2. The molecule has 0 aliphatic rings. The van der Waals surface area contributed by atoms with Gasteiger partial charge >= 0.3 is 0 Å². The highest BCUT2D eigenvalue weighted by Crippen LogP contribution is 2.21. The number of benzene rings is 1. The van der Waals surface area contributed by atoms with Crippen molar-refractivity contribution in [2.24, 2.45) is 0 Å². The SMILES string of the molecule is CC(=O)N(CC(=O)Nc1c(C)cc(C)cc1C)Cc1ccncc1. The van der Waals surface area contributed by atoms with Crippen LogP contribution in [0.5, 0.6) is 0 Å². The largest absolute Gasteiger partial charge is 0.329 e. The minimum absolute atomic E-state index is 0.0183. The Morgan fingerprint density at radius 2 is 1.67 bits per heavy atom. The van der Waals surface area contributed by atoms with Crippen LogP contribution in [0.3, 0.4) is 0 Å². The van der Waals surface area contributed by atoms with Crippen LogP contribution in [0.25, 0.3) is 0 Å². The van der Waals surface area contributed by atoms with Crippen LogP contribution in [-0.4, -0.2) is 28.2 Å². The van der Waals surface area contributed by atoms with Gasteiger partial charge in [-0.25, -0.2) is 0 Å². The van der Waals surface area contributed by atoms with Gasteiger partial charge in [-0.1, -0.05) is 17.7 Å². The summed E-state index contributed by atoms with van der Waals surface area (Å²) < 4.78 is 0. The van der Waals surface area contributed by atoms with Crippen LogP contribution in [0.1, 0.15) is 29.2 Å². The summed E-state index contributed by atoms with van der Waals surface area (Å²) in [5.74, 6) is -0.339. The Hall–Kier alpha value is -2.69. The summed E-state index contributed by atoms with van der Waals surface area (Å²) in [4.78, 5) is 29.7. The number of nitrogens with zero attached hydrogens (tertiary/aromatic N) is 2. The second kappa shape index (κ2) is 7.73. The Bertz CT molecular complexity index is 719. The number of nitrogens with one attached hydrogen (secondary N) is 1. The molecule has 2 rings (SSSR count). The van der Waals surface area contributed by atoms with Crippen molar-refractivity contribution in [2.75, 3.05) is 11.9 Å². The lowest BCUT2D eigenvalue weighted by Gasteiger charge is -2.21. The monoisotopic (exact) mass is 325 g/mol. The quantitative estimate of drug-likeness (QED) is 0.919. The molecule has 5 nitrogen and oxygen atoms in total. The van der Waals surface area contributed by atoms with Gasteiger partial charge in [0.25, 0.3) is 0 Å². The number of anilines is 1. The van der Waals surface area contributed by atoms with E-state index < -0.39 is 0 Å². The first-order valence-corrected chi connectivity index (χ1v) is 7.89. The van der Waals surface area contributed by atoms with Gasteiger partial charge < -0.3 is 10.2 Å². The minimum Gasteiger partial charge on any atom is -0.329 e. The highest BCUT2D eigenvalue weighted by atomic mass is 16.2. The van der Waals surface area contributed by atoms with E-state index in [9.17, 15) is 9.59 Å². The standard InChI is InChI=1S/C19H23N3O2/c1-13-9-14(2)19(15(3)10-13)21-18(24)12-22(16(4)23)11-17-5-7-20-8-6-17/h5-10H,11-12H2,1-4H3,(H,21,24). The second-order valence-electron chi connectivity index (χ2n) is 6.05. The van der Waals surface area contributed by atoms with E-state index >= 15 is 0 Å². The van der Waals surface area contributed by atoms with Gasteiger partial charge in [0.1, 0.15) is 6.54 Å². The molecule has 0 fully saturated rings. The van der Waals surface area contributed by atoms with Crippen molar-refractivity contribution >= 4 is 17.5 Å². The van der Waals surface area contributed by atoms with Crippen LogP contribution in [0.4, 0.5) is 5.69 Å². The lowest BCUT2D eigenvalue weighted by molar-refractivity contribution is -0.133. The van der Waals surface area contributed by atoms with E-state index in [4.69, 9.17) is 0 Å². The first kappa shape index (κ1) is 17.7. The topological polar surface area (TPSA) is 62.3 Å². The number of pyridine rings is 1. The van der Waals surface area contributed by atoms with Crippen molar-refractivity contribution in [2.45, 2.75) is 34.2 Å². The molecule has 2 aromatic rings. The molecule has 0 aliphatic heterocycles. The molecule has 0 saturated carbocycles. The van der Waals surface area contributed by atoms with Gasteiger partial charge in [-0.2, -0.15) is 0 Å². The van der Waals surface area contributed by atoms with Crippen LogP contribution < -0.4 is 5.32 Å². The summed E-state index contributed by atoms with van der Waals surface area (Å²) in [6.07, 6.45) is 3.35. The third-order valence-electron chi connectivity index (χ3n) is 3.84. The summed E-state index contributed by atoms with van der Waals surface area (Å²) in [5, 5.41) is 2.93. The van der Waals surface area contributed by atoms with Crippen molar-refractivity contribution in [3.8, 4) is 0 Å². The highest BCUT2D eigenvalue weighted by molar-refractivity contribution is 5.95. The first-order chi connectivity index (χ1) is 11.4. The second-order valence-corrected chi connectivity index (χ2v) is 6.05. The maximum Gasteiger partial charge on any atom is 0.244 e. The molecule has 126 valence electrons. The Labute approximate surface area is 142 Å². The molecule has 1 aromatic heterocycles. The van der Waals surface area contributed by atoms with Crippen molar-refractivity contribution in [1.82, 2.24) is 9.88 Å². The molecule has 24 heavy (non-hydrogen) atoms. The maximum atomic E-state index is 12.4. The average molecular weight is 325 g/mol.